The van der Waals surface area contributed by atoms with Gasteiger partial charge in [-0.3, -0.25) is 9.78 Å². The third-order valence-corrected chi connectivity index (χ3v) is 4.30. The lowest BCUT2D eigenvalue weighted by Crippen LogP contribution is -2.35. The maximum atomic E-state index is 12.0. The number of carbonyl (C=O) groups is 1. The number of nitrogens with two attached hydrogens (primary N) is 1. The molecule has 2 heterocycles. The number of methoxy groups -OCH3 is 1. The number of rotatable bonds is 8. The summed E-state index contributed by atoms with van der Waals surface area (Å²) < 4.78 is 5.16. The van der Waals surface area contributed by atoms with Crippen LogP contribution in [-0.4, -0.2) is 47.1 Å². The van der Waals surface area contributed by atoms with Crippen LogP contribution >= 0.6 is 24.8 Å². The summed E-state index contributed by atoms with van der Waals surface area (Å²) in [5.41, 5.74) is 7.43. The van der Waals surface area contributed by atoms with Gasteiger partial charge in [0.05, 0.1) is 5.56 Å². The Kier molecular flexibility index (Phi) is 10.1. The van der Waals surface area contributed by atoms with Crippen molar-refractivity contribution in [1.82, 2.24) is 20.3 Å². The van der Waals surface area contributed by atoms with Crippen LogP contribution in [0.1, 0.15) is 40.6 Å². The molecule has 1 amide bonds. The zero-order chi connectivity index (χ0) is 18.4. The van der Waals surface area contributed by atoms with E-state index in [-0.39, 0.29) is 36.8 Å². The van der Waals surface area contributed by atoms with Gasteiger partial charge in [-0.2, -0.15) is 0 Å². The van der Waals surface area contributed by atoms with E-state index in [0.717, 1.165) is 24.4 Å². The van der Waals surface area contributed by atoms with Gasteiger partial charge in [-0.25, -0.2) is 9.97 Å². The topological polar surface area (TPSA) is 115 Å². The van der Waals surface area contributed by atoms with E-state index in [1.54, 1.807) is 31.6 Å². The third kappa shape index (κ3) is 6.56. The van der Waals surface area contributed by atoms with Crippen LogP contribution in [0.25, 0.3) is 0 Å². The molecule has 10 heteroatoms. The standard InChI is InChI=1S/C18H24N6O2.2ClH/c1-26-11-17-23-15(13-7-14(19)8-13)9-16(24-17)21-5-6-22-18(25)12-3-2-4-20-10-12;;/h2-4,9-10,13-14H,5-8,11,19H2,1H3,(H,22,25)(H,21,23,24);2*1H. The monoisotopic (exact) mass is 428 g/mol. The second-order valence-corrected chi connectivity index (χ2v) is 6.38. The Morgan fingerprint density at radius 3 is 2.71 bits per heavy atom. The van der Waals surface area contributed by atoms with Gasteiger partial charge in [-0.15, -0.1) is 24.8 Å². The number of amides is 1. The highest BCUT2D eigenvalue weighted by molar-refractivity contribution is 5.93. The van der Waals surface area contributed by atoms with Crippen LogP contribution in [-0.2, 0) is 11.3 Å². The first-order valence-electron chi connectivity index (χ1n) is 8.70. The molecule has 0 radical (unpaired) electrons. The van der Waals surface area contributed by atoms with E-state index in [1.807, 2.05) is 6.07 Å². The molecule has 28 heavy (non-hydrogen) atoms. The molecular weight excluding hydrogens is 403 g/mol. The van der Waals surface area contributed by atoms with E-state index < -0.39 is 0 Å². The fourth-order valence-electron chi connectivity index (χ4n) is 2.88. The van der Waals surface area contributed by atoms with Crippen molar-refractivity contribution in [3.05, 3.63) is 47.7 Å². The lowest BCUT2D eigenvalue weighted by molar-refractivity contribution is 0.0955. The molecule has 0 aliphatic heterocycles. The molecule has 8 nitrogen and oxygen atoms in total. The first-order chi connectivity index (χ1) is 12.7. The maximum absolute atomic E-state index is 12.0. The summed E-state index contributed by atoms with van der Waals surface area (Å²) in [5, 5.41) is 6.09. The zero-order valence-electron chi connectivity index (χ0n) is 15.6. The van der Waals surface area contributed by atoms with Crippen LogP contribution < -0.4 is 16.4 Å². The van der Waals surface area contributed by atoms with Gasteiger partial charge in [0.25, 0.3) is 5.91 Å². The number of aromatic nitrogens is 3. The normalized spacial score (nSPS) is 17.5. The number of nitrogens with one attached hydrogen (secondary N) is 2. The van der Waals surface area contributed by atoms with Crippen molar-refractivity contribution in [3.63, 3.8) is 0 Å². The second kappa shape index (κ2) is 11.8. The summed E-state index contributed by atoms with van der Waals surface area (Å²) in [5.74, 6) is 1.62. The third-order valence-electron chi connectivity index (χ3n) is 4.30. The molecule has 2 aromatic rings. The van der Waals surface area contributed by atoms with E-state index in [0.29, 0.717) is 37.0 Å². The minimum Gasteiger partial charge on any atom is -0.377 e. The smallest absolute Gasteiger partial charge is 0.252 e. The van der Waals surface area contributed by atoms with Crippen molar-refractivity contribution >= 4 is 36.5 Å². The summed E-state index contributed by atoms with van der Waals surface area (Å²) in [7, 11) is 1.62. The number of hydrogen-bond acceptors (Lipinski definition) is 7. The minimum absolute atomic E-state index is 0. The number of carbonyl (C=O) groups excluding carboxylic acids is 1. The first kappa shape index (κ1) is 24.0. The maximum Gasteiger partial charge on any atom is 0.252 e. The molecule has 4 N–H and O–H groups in total. The van der Waals surface area contributed by atoms with Gasteiger partial charge in [0.1, 0.15) is 12.4 Å². The number of anilines is 1. The highest BCUT2D eigenvalue weighted by atomic mass is 35.5. The van der Waals surface area contributed by atoms with Crippen molar-refractivity contribution in [2.45, 2.75) is 31.4 Å². The lowest BCUT2D eigenvalue weighted by atomic mass is 9.78. The molecule has 0 aromatic carbocycles. The van der Waals surface area contributed by atoms with Crippen LogP contribution in [0.3, 0.4) is 0 Å². The predicted octanol–water partition coefficient (Wildman–Crippen LogP) is 1.91. The fraction of sp³-hybridized carbons (Fsp3) is 0.444. The summed E-state index contributed by atoms with van der Waals surface area (Å²) in [6.45, 7) is 1.39. The van der Waals surface area contributed by atoms with E-state index >= 15 is 0 Å². The molecule has 1 fully saturated rings. The van der Waals surface area contributed by atoms with Crippen LogP contribution in [0, 0.1) is 0 Å². The molecule has 1 saturated carbocycles. The van der Waals surface area contributed by atoms with Gasteiger partial charge in [-0.1, -0.05) is 0 Å². The van der Waals surface area contributed by atoms with Crippen LogP contribution in [0.2, 0.25) is 0 Å². The molecule has 154 valence electrons. The molecule has 1 aliphatic carbocycles. The number of ether oxygens (including phenoxy) is 1. The molecule has 0 saturated heterocycles. The largest absolute Gasteiger partial charge is 0.377 e. The number of nitrogens with zero attached hydrogens (tertiary/aromatic N) is 3. The molecule has 0 bridgehead atoms. The summed E-state index contributed by atoms with van der Waals surface area (Å²) in [6, 6.07) is 5.69. The zero-order valence-corrected chi connectivity index (χ0v) is 17.3. The number of halogens is 2. The molecule has 3 rings (SSSR count). The highest BCUT2D eigenvalue weighted by Gasteiger charge is 2.29. The Morgan fingerprint density at radius 1 is 1.29 bits per heavy atom. The fourth-order valence-corrected chi connectivity index (χ4v) is 2.88. The second-order valence-electron chi connectivity index (χ2n) is 6.38. The van der Waals surface area contributed by atoms with Crippen molar-refractivity contribution in [2.75, 3.05) is 25.5 Å². The van der Waals surface area contributed by atoms with Gasteiger partial charge in [0.2, 0.25) is 0 Å². The molecule has 1 aliphatic rings. The Balaban J connectivity index is 0.00000196. The van der Waals surface area contributed by atoms with Crippen molar-refractivity contribution in [1.29, 1.82) is 0 Å². The average Bonchev–Trinajstić information content (AvgIpc) is 2.63. The van der Waals surface area contributed by atoms with Crippen LogP contribution in [0.4, 0.5) is 5.82 Å². The average molecular weight is 429 g/mol. The molecule has 0 spiro atoms. The van der Waals surface area contributed by atoms with Crippen LogP contribution in [0.15, 0.2) is 30.6 Å². The quantitative estimate of drug-likeness (QED) is 0.549. The predicted molar refractivity (Wildman–Crippen MR) is 112 cm³/mol. The van der Waals surface area contributed by atoms with Crippen molar-refractivity contribution < 1.29 is 9.53 Å². The Morgan fingerprint density at radius 2 is 2.07 bits per heavy atom. The lowest BCUT2D eigenvalue weighted by Gasteiger charge is -2.32. The van der Waals surface area contributed by atoms with Gasteiger partial charge in [0, 0.05) is 56.3 Å². The molecule has 0 unspecified atom stereocenters. The van der Waals surface area contributed by atoms with Gasteiger partial charge in [-0.05, 0) is 25.0 Å². The number of pyridine rings is 1. The van der Waals surface area contributed by atoms with Crippen molar-refractivity contribution in [2.24, 2.45) is 5.73 Å². The van der Waals surface area contributed by atoms with E-state index in [1.165, 1.54) is 0 Å². The SMILES string of the molecule is COCc1nc(NCCNC(=O)c2cccnc2)cc(C2CC(N)C2)n1.Cl.Cl. The minimum atomic E-state index is -0.146. The summed E-state index contributed by atoms with van der Waals surface area (Å²) in [6.07, 6.45) is 5.07. The molecule has 0 atom stereocenters. The van der Waals surface area contributed by atoms with Gasteiger partial charge in [0.15, 0.2) is 5.82 Å². The number of hydrogen-bond donors (Lipinski definition) is 3. The Bertz CT molecular complexity index is 744. The van der Waals surface area contributed by atoms with E-state index in [9.17, 15) is 4.79 Å². The van der Waals surface area contributed by atoms with E-state index in [2.05, 4.69) is 25.6 Å². The van der Waals surface area contributed by atoms with E-state index in [4.69, 9.17) is 10.5 Å². The summed E-state index contributed by atoms with van der Waals surface area (Å²) >= 11 is 0. The van der Waals surface area contributed by atoms with Gasteiger partial charge >= 0.3 is 0 Å². The summed E-state index contributed by atoms with van der Waals surface area (Å²) in [4.78, 5) is 24.9. The molecule has 2 aromatic heterocycles. The Labute approximate surface area is 176 Å². The first-order valence-corrected chi connectivity index (χ1v) is 8.70. The van der Waals surface area contributed by atoms with Gasteiger partial charge < -0.3 is 21.1 Å². The van der Waals surface area contributed by atoms with Crippen LogP contribution in [0.5, 0.6) is 0 Å². The Hall–Kier alpha value is -2.00. The highest BCUT2D eigenvalue weighted by Crippen LogP contribution is 2.35. The van der Waals surface area contributed by atoms with Crippen molar-refractivity contribution in [3.8, 4) is 0 Å². The molecular formula is C18H26Cl2N6O2.